The molecule has 1 amide bonds. The van der Waals surface area contributed by atoms with Crippen LogP contribution in [0.25, 0.3) is 0 Å². The van der Waals surface area contributed by atoms with Crippen LogP contribution in [0.5, 0.6) is 0 Å². The van der Waals surface area contributed by atoms with Crippen molar-refractivity contribution >= 4 is 5.91 Å². The molecule has 0 bridgehead atoms. The van der Waals surface area contributed by atoms with Crippen molar-refractivity contribution in [2.45, 2.75) is 38.8 Å². The summed E-state index contributed by atoms with van der Waals surface area (Å²) in [6.45, 7) is 6.31. The van der Waals surface area contributed by atoms with Gasteiger partial charge in [-0.1, -0.05) is 24.3 Å². The zero-order valence-electron chi connectivity index (χ0n) is 12.3. The molecule has 0 saturated carbocycles. The quantitative estimate of drug-likeness (QED) is 0.857. The number of hydrogen-bond acceptors (Lipinski definition) is 3. The van der Waals surface area contributed by atoms with E-state index < -0.39 is 0 Å². The number of aliphatic hydroxyl groups excluding tert-OH is 1. The highest BCUT2D eigenvalue weighted by atomic mass is 16.3. The molecule has 4 nitrogen and oxygen atoms in total. The van der Waals surface area contributed by atoms with Crippen molar-refractivity contribution in [1.82, 2.24) is 10.2 Å². The highest BCUT2D eigenvalue weighted by Gasteiger charge is 2.30. The van der Waals surface area contributed by atoms with Gasteiger partial charge in [0.25, 0.3) is 0 Å². The average molecular weight is 276 g/mol. The SMILES string of the molecule is CC(C)N(CCCO)C(=O)C1CNCc2ccccc21. The maximum Gasteiger partial charge on any atom is 0.231 e. The van der Waals surface area contributed by atoms with Crippen molar-refractivity contribution in [2.75, 3.05) is 19.7 Å². The Labute approximate surface area is 120 Å². The highest BCUT2D eigenvalue weighted by molar-refractivity contribution is 5.85. The molecule has 1 aliphatic heterocycles. The van der Waals surface area contributed by atoms with Crippen LogP contribution in [0.2, 0.25) is 0 Å². The molecule has 0 spiro atoms. The zero-order chi connectivity index (χ0) is 14.5. The number of benzene rings is 1. The van der Waals surface area contributed by atoms with Gasteiger partial charge >= 0.3 is 0 Å². The molecular weight excluding hydrogens is 252 g/mol. The van der Waals surface area contributed by atoms with E-state index in [1.165, 1.54) is 5.56 Å². The predicted molar refractivity (Wildman–Crippen MR) is 79.4 cm³/mol. The van der Waals surface area contributed by atoms with Crippen LogP contribution in [-0.4, -0.2) is 41.7 Å². The lowest BCUT2D eigenvalue weighted by Crippen LogP contribution is -2.45. The molecule has 110 valence electrons. The van der Waals surface area contributed by atoms with Crippen molar-refractivity contribution < 1.29 is 9.90 Å². The van der Waals surface area contributed by atoms with Gasteiger partial charge in [0.15, 0.2) is 0 Å². The summed E-state index contributed by atoms with van der Waals surface area (Å²) in [6, 6.07) is 8.30. The largest absolute Gasteiger partial charge is 0.396 e. The summed E-state index contributed by atoms with van der Waals surface area (Å²) in [5, 5.41) is 12.3. The standard InChI is InChI=1S/C16H24N2O2/c1-12(2)18(8-5-9-19)16(20)15-11-17-10-13-6-3-4-7-14(13)15/h3-4,6-7,12,15,17,19H,5,8-11H2,1-2H3. The van der Waals surface area contributed by atoms with Gasteiger partial charge < -0.3 is 15.3 Å². The number of fused-ring (bicyclic) bond motifs is 1. The Morgan fingerprint density at radius 1 is 1.45 bits per heavy atom. The molecular formula is C16H24N2O2. The first kappa shape index (κ1) is 15.0. The van der Waals surface area contributed by atoms with Gasteiger partial charge in [0.1, 0.15) is 0 Å². The van der Waals surface area contributed by atoms with Crippen LogP contribution >= 0.6 is 0 Å². The predicted octanol–water partition coefficient (Wildman–Crippen LogP) is 1.49. The van der Waals surface area contributed by atoms with Crippen molar-refractivity contribution in [3.63, 3.8) is 0 Å². The number of rotatable bonds is 5. The maximum atomic E-state index is 12.8. The third-order valence-corrected chi connectivity index (χ3v) is 3.86. The van der Waals surface area contributed by atoms with Gasteiger partial charge in [-0.3, -0.25) is 4.79 Å². The molecule has 1 atom stereocenters. The lowest BCUT2D eigenvalue weighted by Gasteiger charge is -2.33. The van der Waals surface area contributed by atoms with Gasteiger partial charge in [0.05, 0.1) is 5.92 Å². The topological polar surface area (TPSA) is 52.6 Å². The molecule has 4 heteroatoms. The van der Waals surface area contributed by atoms with Gasteiger partial charge in [0, 0.05) is 32.3 Å². The Morgan fingerprint density at radius 2 is 2.20 bits per heavy atom. The Hall–Kier alpha value is -1.39. The molecule has 1 heterocycles. The summed E-state index contributed by atoms with van der Waals surface area (Å²) >= 11 is 0. The molecule has 2 rings (SSSR count). The van der Waals surface area contributed by atoms with Crippen molar-refractivity contribution in [3.8, 4) is 0 Å². The van der Waals surface area contributed by atoms with E-state index in [-0.39, 0.29) is 24.5 Å². The van der Waals surface area contributed by atoms with Crippen LogP contribution < -0.4 is 5.32 Å². The van der Waals surface area contributed by atoms with E-state index in [9.17, 15) is 4.79 Å². The molecule has 1 aliphatic rings. The molecule has 0 aromatic heterocycles. The fourth-order valence-corrected chi connectivity index (χ4v) is 2.78. The number of nitrogens with zero attached hydrogens (tertiary/aromatic N) is 1. The van der Waals surface area contributed by atoms with Crippen molar-refractivity contribution in [3.05, 3.63) is 35.4 Å². The van der Waals surface area contributed by atoms with Crippen molar-refractivity contribution in [2.24, 2.45) is 0 Å². The molecule has 2 N–H and O–H groups in total. The smallest absolute Gasteiger partial charge is 0.231 e. The number of nitrogens with one attached hydrogen (secondary N) is 1. The minimum Gasteiger partial charge on any atom is -0.396 e. The van der Waals surface area contributed by atoms with Crippen molar-refractivity contribution in [1.29, 1.82) is 0 Å². The first-order valence-electron chi connectivity index (χ1n) is 7.35. The summed E-state index contributed by atoms with van der Waals surface area (Å²) in [5.74, 6) is 0.0501. The number of carbonyl (C=O) groups excluding carboxylic acids is 1. The van der Waals surface area contributed by atoms with Crippen LogP contribution in [0.15, 0.2) is 24.3 Å². The first-order chi connectivity index (χ1) is 9.65. The van der Waals surface area contributed by atoms with Gasteiger partial charge in [-0.25, -0.2) is 0 Å². The van der Waals surface area contributed by atoms with Gasteiger partial charge in [-0.2, -0.15) is 0 Å². The van der Waals surface area contributed by atoms with Crippen LogP contribution in [0.4, 0.5) is 0 Å². The van der Waals surface area contributed by atoms with Gasteiger partial charge in [0.2, 0.25) is 5.91 Å². The molecule has 0 fully saturated rings. The average Bonchev–Trinajstić information content (AvgIpc) is 2.46. The van der Waals surface area contributed by atoms with E-state index in [1.807, 2.05) is 30.9 Å². The fourth-order valence-electron chi connectivity index (χ4n) is 2.78. The second kappa shape index (κ2) is 6.86. The number of amides is 1. The Bertz CT molecular complexity index is 460. The molecule has 0 aliphatic carbocycles. The molecule has 0 saturated heterocycles. The van der Waals surface area contributed by atoms with E-state index in [2.05, 4.69) is 17.4 Å². The summed E-state index contributed by atoms with van der Waals surface area (Å²) < 4.78 is 0. The minimum atomic E-state index is -0.110. The molecule has 1 aromatic rings. The lowest BCUT2D eigenvalue weighted by molar-refractivity contribution is -0.134. The van der Waals surface area contributed by atoms with E-state index in [0.29, 0.717) is 19.5 Å². The maximum absolute atomic E-state index is 12.8. The summed E-state index contributed by atoms with van der Waals surface area (Å²) in [5.41, 5.74) is 2.36. The molecule has 1 aromatic carbocycles. The Balaban J connectivity index is 2.20. The summed E-state index contributed by atoms with van der Waals surface area (Å²) in [7, 11) is 0. The van der Waals surface area contributed by atoms with Gasteiger partial charge in [-0.15, -0.1) is 0 Å². The highest BCUT2D eigenvalue weighted by Crippen LogP contribution is 2.26. The van der Waals surface area contributed by atoms with Crippen LogP contribution in [0, 0.1) is 0 Å². The lowest BCUT2D eigenvalue weighted by atomic mass is 9.89. The first-order valence-corrected chi connectivity index (χ1v) is 7.35. The second-order valence-corrected chi connectivity index (χ2v) is 5.58. The third-order valence-electron chi connectivity index (χ3n) is 3.86. The Kier molecular flexibility index (Phi) is 5.15. The third kappa shape index (κ3) is 3.19. The zero-order valence-corrected chi connectivity index (χ0v) is 12.3. The normalized spacial score (nSPS) is 17.9. The van der Waals surface area contributed by atoms with E-state index in [4.69, 9.17) is 5.11 Å². The second-order valence-electron chi connectivity index (χ2n) is 5.58. The van der Waals surface area contributed by atoms with Crippen LogP contribution in [-0.2, 0) is 11.3 Å². The van der Waals surface area contributed by atoms with E-state index in [0.717, 1.165) is 12.1 Å². The minimum absolute atomic E-state index is 0.110. The fraction of sp³-hybridized carbons (Fsp3) is 0.562. The molecule has 1 unspecified atom stereocenters. The molecule has 20 heavy (non-hydrogen) atoms. The molecule has 0 radical (unpaired) electrons. The number of hydrogen-bond donors (Lipinski definition) is 2. The number of aliphatic hydroxyl groups is 1. The monoisotopic (exact) mass is 276 g/mol. The number of carbonyl (C=O) groups is 1. The Morgan fingerprint density at radius 3 is 2.90 bits per heavy atom. The van der Waals surface area contributed by atoms with Gasteiger partial charge in [-0.05, 0) is 31.4 Å². The summed E-state index contributed by atoms with van der Waals surface area (Å²) in [6.07, 6.45) is 0.631. The van der Waals surface area contributed by atoms with E-state index >= 15 is 0 Å². The van der Waals surface area contributed by atoms with E-state index in [1.54, 1.807) is 0 Å². The van der Waals surface area contributed by atoms with Crippen LogP contribution in [0.1, 0.15) is 37.3 Å². The summed E-state index contributed by atoms with van der Waals surface area (Å²) in [4.78, 5) is 14.7. The van der Waals surface area contributed by atoms with Crippen LogP contribution in [0.3, 0.4) is 0 Å².